The van der Waals surface area contributed by atoms with E-state index in [9.17, 15) is 4.79 Å². The van der Waals surface area contributed by atoms with Crippen LogP contribution in [0.5, 0.6) is 0 Å². The number of hydrogen-bond donors (Lipinski definition) is 2. The Morgan fingerprint density at radius 2 is 2.16 bits per heavy atom. The molecule has 0 atom stereocenters. The smallest absolute Gasteiger partial charge is 0.354 e. The van der Waals surface area contributed by atoms with Crippen LogP contribution in [0.1, 0.15) is 21.7 Å². The number of anilines is 1. The monoisotopic (exact) mass is 321 g/mol. The van der Waals surface area contributed by atoms with Gasteiger partial charge in [-0.2, -0.15) is 0 Å². The molecule has 2 N–H and O–H groups in total. The SMILES string of the molecule is Cc1cc(C(=O)O)nc(NCc2cccc(Br)c2)n1. The van der Waals surface area contributed by atoms with Gasteiger partial charge >= 0.3 is 5.97 Å². The van der Waals surface area contributed by atoms with E-state index in [0.29, 0.717) is 18.2 Å². The highest BCUT2D eigenvalue weighted by Crippen LogP contribution is 2.13. The Labute approximate surface area is 118 Å². The summed E-state index contributed by atoms with van der Waals surface area (Å²) in [7, 11) is 0. The van der Waals surface area contributed by atoms with E-state index in [1.807, 2.05) is 24.3 Å². The highest BCUT2D eigenvalue weighted by Gasteiger charge is 2.08. The lowest BCUT2D eigenvalue weighted by atomic mass is 10.2. The minimum atomic E-state index is -1.06. The quantitative estimate of drug-likeness (QED) is 0.905. The minimum absolute atomic E-state index is 0.00996. The molecule has 1 heterocycles. The van der Waals surface area contributed by atoms with Crippen molar-refractivity contribution < 1.29 is 9.90 Å². The van der Waals surface area contributed by atoms with Crippen molar-refractivity contribution in [2.75, 3.05) is 5.32 Å². The third-order valence-corrected chi connectivity index (χ3v) is 2.91. The third-order valence-electron chi connectivity index (χ3n) is 2.41. The summed E-state index contributed by atoms with van der Waals surface area (Å²) < 4.78 is 0.989. The summed E-state index contributed by atoms with van der Waals surface area (Å²) in [4.78, 5) is 19.0. The molecule has 0 saturated heterocycles. The molecule has 0 amide bonds. The summed E-state index contributed by atoms with van der Waals surface area (Å²) in [5, 5.41) is 11.9. The van der Waals surface area contributed by atoms with Gasteiger partial charge in [-0.1, -0.05) is 28.1 Å². The zero-order chi connectivity index (χ0) is 13.8. The van der Waals surface area contributed by atoms with Crippen LogP contribution >= 0.6 is 15.9 Å². The lowest BCUT2D eigenvalue weighted by Crippen LogP contribution is -2.09. The van der Waals surface area contributed by atoms with Gasteiger partial charge in [-0.3, -0.25) is 0 Å². The molecule has 0 fully saturated rings. The molecule has 19 heavy (non-hydrogen) atoms. The highest BCUT2D eigenvalue weighted by atomic mass is 79.9. The Kier molecular flexibility index (Phi) is 4.11. The first-order valence-corrected chi connectivity index (χ1v) is 6.41. The molecule has 0 radical (unpaired) electrons. The van der Waals surface area contributed by atoms with E-state index in [4.69, 9.17) is 5.11 Å². The molecule has 0 bridgehead atoms. The Morgan fingerprint density at radius 3 is 2.84 bits per heavy atom. The van der Waals surface area contributed by atoms with E-state index >= 15 is 0 Å². The van der Waals surface area contributed by atoms with Gasteiger partial charge < -0.3 is 10.4 Å². The van der Waals surface area contributed by atoms with Gasteiger partial charge in [-0.05, 0) is 30.7 Å². The molecule has 2 aromatic rings. The number of carboxylic acids is 1. The number of nitrogens with one attached hydrogen (secondary N) is 1. The van der Waals surface area contributed by atoms with Gasteiger partial charge in [0.2, 0.25) is 5.95 Å². The summed E-state index contributed by atoms with van der Waals surface area (Å²) in [5.74, 6) is -0.742. The van der Waals surface area contributed by atoms with Crippen LogP contribution in [-0.2, 0) is 6.54 Å². The van der Waals surface area contributed by atoms with Crippen molar-refractivity contribution in [3.05, 3.63) is 51.8 Å². The summed E-state index contributed by atoms with van der Waals surface area (Å²) in [6.45, 7) is 2.26. The fraction of sp³-hybridized carbons (Fsp3) is 0.154. The lowest BCUT2D eigenvalue weighted by molar-refractivity contribution is 0.0690. The van der Waals surface area contributed by atoms with Crippen molar-refractivity contribution in [1.82, 2.24) is 9.97 Å². The number of aromatic nitrogens is 2. The standard InChI is InChI=1S/C13H12BrN3O2/c1-8-5-11(12(18)19)17-13(16-8)15-7-9-3-2-4-10(14)6-9/h2-6H,7H2,1H3,(H,18,19)(H,15,16,17). The van der Waals surface area contributed by atoms with E-state index in [1.165, 1.54) is 6.07 Å². The Balaban J connectivity index is 2.13. The second-order valence-electron chi connectivity index (χ2n) is 4.01. The fourth-order valence-electron chi connectivity index (χ4n) is 1.59. The molecule has 0 saturated carbocycles. The van der Waals surface area contributed by atoms with E-state index in [0.717, 1.165) is 10.0 Å². The number of halogens is 1. The Bertz CT molecular complexity index is 617. The first-order chi connectivity index (χ1) is 9.04. The number of rotatable bonds is 4. The summed E-state index contributed by atoms with van der Waals surface area (Å²) in [6.07, 6.45) is 0. The van der Waals surface area contributed by atoms with E-state index in [-0.39, 0.29) is 5.69 Å². The number of aromatic carboxylic acids is 1. The molecule has 5 nitrogen and oxygen atoms in total. The molecule has 0 unspecified atom stereocenters. The largest absolute Gasteiger partial charge is 0.477 e. The summed E-state index contributed by atoms with van der Waals surface area (Å²) in [5.41, 5.74) is 1.66. The topological polar surface area (TPSA) is 75.1 Å². The maximum atomic E-state index is 10.9. The van der Waals surface area contributed by atoms with Crippen LogP contribution in [0.2, 0.25) is 0 Å². The van der Waals surface area contributed by atoms with Gasteiger partial charge in [0, 0.05) is 16.7 Å². The number of nitrogens with zero attached hydrogens (tertiary/aromatic N) is 2. The molecule has 1 aromatic carbocycles. The van der Waals surface area contributed by atoms with Gasteiger partial charge in [0.05, 0.1) is 0 Å². The van der Waals surface area contributed by atoms with Gasteiger partial charge in [0.15, 0.2) is 5.69 Å². The van der Waals surface area contributed by atoms with Crippen molar-refractivity contribution >= 4 is 27.8 Å². The second kappa shape index (κ2) is 5.79. The maximum absolute atomic E-state index is 10.9. The number of carboxylic acid groups (broad SMARTS) is 1. The zero-order valence-electron chi connectivity index (χ0n) is 10.2. The Hall–Kier alpha value is -1.95. The van der Waals surface area contributed by atoms with Gasteiger partial charge in [-0.25, -0.2) is 14.8 Å². The molecule has 0 aliphatic carbocycles. The minimum Gasteiger partial charge on any atom is -0.477 e. The normalized spacial score (nSPS) is 10.2. The van der Waals surface area contributed by atoms with Crippen LogP contribution < -0.4 is 5.32 Å². The van der Waals surface area contributed by atoms with Gasteiger partial charge in [0.25, 0.3) is 0 Å². The van der Waals surface area contributed by atoms with Gasteiger partial charge in [0.1, 0.15) is 0 Å². The Morgan fingerprint density at radius 1 is 1.37 bits per heavy atom. The van der Waals surface area contributed by atoms with E-state index in [1.54, 1.807) is 6.92 Å². The molecule has 1 aromatic heterocycles. The molecule has 0 spiro atoms. The first-order valence-electron chi connectivity index (χ1n) is 5.62. The van der Waals surface area contributed by atoms with Crippen molar-refractivity contribution in [3.8, 4) is 0 Å². The molecule has 98 valence electrons. The fourth-order valence-corrected chi connectivity index (χ4v) is 2.03. The van der Waals surface area contributed by atoms with Gasteiger partial charge in [-0.15, -0.1) is 0 Å². The zero-order valence-corrected chi connectivity index (χ0v) is 11.8. The van der Waals surface area contributed by atoms with Crippen molar-refractivity contribution in [2.24, 2.45) is 0 Å². The van der Waals surface area contributed by atoms with Crippen LogP contribution in [0.3, 0.4) is 0 Å². The molecule has 6 heteroatoms. The number of aryl methyl sites for hydroxylation is 1. The molecular weight excluding hydrogens is 310 g/mol. The van der Waals surface area contributed by atoms with Crippen molar-refractivity contribution in [3.63, 3.8) is 0 Å². The molecule has 2 rings (SSSR count). The van der Waals surface area contributed by atoms with Crippen molar-refractivity contribution in [1.29, 1.82) is 0 Å². The average Bonchev–Trinajstić information content (AvgIpc) is 2.36. The molecule has 0 aliphatic heterocycles. The summed E-state index contributed by atoms with van der Waals surface area (Å²) >= 11 is 3.39. The van der Waals surface area contributed by atoms with Crippen LogP contribution in [-0.4, -0.2) is 21.0 Å². The average molecular weight is 322 g/mol. The van der Waals surface area contributed by atoms with E-state index in [2.05, 4.69) is 31.2 Å². The third kappa shape index (κ3) is 3.75. The van der Waals surface area contributed by atoms with E-state index < -0.39 is 5.97 Å². The number of benzene rings is 1. The van der Waals surface area contributed by atoms with Crippen molar-refractivity contribution in [2.45, 2.75) is 13.5 Å². The number of carbonyl (C=O) groups is 1. The van der Waals surface area contributed by atoms with Crippen LogP contribution in [0.25, 0.3) is 0 Å². The predicted molar refractivity (Wildman–Crippen MR) is 75.2 cm³/mol. The van der Waals surface area contributed by atoms with Crippen LogP contribution in [0.4, 0.5) is 5.95 Å². The van der Waals surface area contributed by atoms with Crippen LogP contribution in [0.15, 0.2) is 34.8 Å². The van der Waals surface area contributed by atoms with Crippen LogP contribution in [0, 0.1) is 6.92 Å². The number of hydrogen-bond acceptors (Lipinski definition) is 4. The highest BCUT2D eigenvalue weighted by molar-refractivity contribution is 9.10. The predicted octanol–water partition coefficient (Wildman–Crippen LogP) is 2.86. The summed E-state index contributed by atoms with van der Waals surface area (Å²) in [6, 6.07) is 9.25. The molecule has 0 aliphatic rings. The first kappa shape index (κ1) is 13.5. The lowest BCUT2D eigenvalue weighted by Gasteiger charge is -2.07. The molecular formula is C13H12BrN3O2. The maximum Gasteiger partial charge on any atom is 0.354 e. The second-order valence-corrected chi connectivity index (χ2v) is 4.92.